The highest BCUT2D eigenvalue weighted by Gasteiger charge is 2.34. The van der Waals surface area contributed by atoms with Crippen LogP contribution < -0.4 is 0 Å². The zero-order valence-corrected chi connectivity index (χ0v) is 5.32. The van der Waals surface area contributed by atoms with Crippen molar-refractivity contribution in [1.29, 1.82) is 0 Å². The summed E-state index contributed by atoms with van der Waals surface area (Å²) in [5, 5.41) is 15.5. The number of hydrogen-bond donors (Lipinski definition) is 3. The van der Waals surface area contributed by atoms with Gasteiger partial charge in [-0.25, -0.2) is 14.2 Å². The lowest BCUT2D eigenvalue weighted by Gasteiger charge is -2.01. The monoisotopic (exact) mass is 170 g/mol. The average molecular weight is 170 g/mol. The largest absolute Gasteiger partial charge is 0.512 e. The summed E-state index contributed by atoms with van der Waals surface area (Å²) in [4.78, 5) is 27.3. The molecule has 58 valence electrons. The topological polar surface area (TPSA) is 121 Å². The molecule has 7 nitrogen and oxygen atoms in total. The maximum absolute atomic E-state index is 10.1. The Morgan fingerprint density at radius 3 is 1.80 bits per heavy atom. The second-order valence-electron chi connectivity index (χ2n) is 1.16. The van der Waals surface area contributed by atoms with Crippen LogP contribution in [0.15, 0.2) is 0 Å². The van der Waals surface area contributed by atoms with Crippen molar-refractivity contribution < 1.29 is 33.8 Å². The number of carboxylic acid groups (broad SMARTS) is 2. The molecule has 0 aromatic rings. The molecular weight excluding hydrogens is 167 g/mol. The molecule has 1 atom stereocenters. The summed E-state index contributed by atoms with van der Waals surface area (Å²) in [6.45, 7) is 0. The van der Waals surface area contributed by atoms with Crippen molar-refractivity contribution >= 4 is 19.5 Å². The Kier molecular flexibility index (Phi) is 2.39. The zero-order chi connectivity index (χ0) is 8.36. The smallest absolute Gasteiger partial charge is 0.471 e. The van der Waals surface area contributed by atoms with E-state index in [1.54, 1.807) is 0 Å². The standard InChI is InChI=1S/C2H3O7P/c3-1(4)9-10(7,8)2(5)6/h(H,3,4)(H,5,6)(H,7,8). The molecular formula is C2H3O7P. The minimum Gasteiger partial charge on any atom is -0.471 e. The molecule has 0 amide bonds. The molecule has 0 radical (unpaired) electrons. The van der Waals surface area contributed by atoms with Crippen LogP contribution in [0.2, 0.25) is 0 Å². The highest BCUT2D eigenvalue weighted by atomic mass is 31.2. The Hall–Kier alpha value is -1.07. The van der Waals surface area contributed by atoms with Gasteiger partial charge < -0.3 is 19.6 Å². The fraction of sp³-hybridized carbons (Fsp3) is 0. The highest BCUT2D eigenvalue weighted by molar-refractivity contribution is 7.70. The molecule has 0 heterocycles. The summed E-state index contributed by atoms with van der Waals surface area (Å²) in [6, 6.07) is 0. The first-order valence-electron chi connectivity index (χ1n) is 1.85. The van der Waals surface area contributed by atoms with Gasteiger partial charge in [0.1, 0.15) is 0 Å². The SMILES string of the molecule is O=C(O)OP(=O)(O)C(=O)O. The van der Waals surface area contributed by atoms with Crippen LogP contribution in [0.5, 0.6) is 0 Å². The molecule has 0 spiro atoms. The average Bonchev–Trinajstić information content (AvgIpc) is 1.60. The second-order valence-corrected chi connectivity index (χ2v) is 2.77. The first-order valence-corrected chi connectivity index (χ1v) is 3.43. The minimum atomic E-state index is -5.00. The van der Waals surface area contributed by atoms with Gasteiger partial charge in [0.15, 0.2) is 0 Å². The van der Waals surface area contributed by atoms with Crippen molar-refractivity contribution in [2.24, 2.45) is 0 Å². The molecule has 1 unspecified atom stereocenters. The molecule has 0 bridgehead atoms. The van der Waals surface area contributed by atoms with Gasteiger partial charge in [0.05, 0.1) is 0 Å². The summed E-state index contributed by atoms with van der Waals surface area (Å²) in [5.41, 5.74) is -2.20. The zero-order valence-electron chi connectivity index (χ0n) is 4.42. The molecule has 0 aromatic heterocycles. The molecule has 10 heavy (non-hydrogen) atoms. The van der Waals surface area contributed by atoms with Gasteiger partial charge in [-0.15, -0.1) is 0 Å². The quantitative estimate of drug-likeness (QED) is 0.517. The molecule has 0 aromatic carbocycles. The molecule has 3 N–H and O–H groups in total. The van der Waals surface area contributed by atoms with Gasteiger partial charge in [0.25, 0.3) is 0 Å². The van der Waals surface area contributed by atoms with E-state index >= 15 is 0 Å². The Morgan fingerprint density at radius 1 is 1.30 bits per heavy atom. The predicted molar refractivity (Wildman–Crippen MR) is 27.0 cm³/mol. The van der Waals surface area contributed by atoms with Crippen molar-refractivity contribution in [3.8, 4) is 0 Å². The van der Waals surface area contributed by atoms with Crippen LogP contribution in [-0.4, -0.2) is 27.0 Å². The van der Waals surface area contributed by atoms with E-state index in [1.807, 2.05) is 0 Å². The van der Waals surface area contributed by atoms with Gasteiger partial charge in [-0.3, -0.25) is 0 Å². The third kappa shape index (κ3) is 2.47. The Balaban J connectivity index is 4.29. The van der Waals surface area contributed by atoms with Crippen LogP contribution >= 0.6 is 7.60 Å². The fourth-order valence-corrected chi connectivity index (χ4v) is 0.435. The maximum Gasteiger partial charge on any atom is 0.512 e. The molecule has 0 saturated heterocycles. The molecule has 0 saturated carbocycles. The van der Waals surface area contributed by atoms with Crippen LogP contribution in [-0.2, 0) is 9.09 Å². The van der Waals surface area contributed by atoms with Crippen molar-refractivity contribution in [3.63, 3.8) is 0 Å². The van der Waals surface area contributed by atoms with E-state index in [2.05, 4.69) is 4.52 Å². The minimum absolute atomic E-state index is 2.10. The van der Waals surface area contributed by atoms with Gasteiger partial charge in [0.2, 0.25) is 0 Å². The van der Waals surface area contributed by atoms with Crippen LogP contribution in [0, 0.1) is 0 Å². The summed E-state index contributed by atoms with van der Waals surface area (Å²) >= 11 is 0. The van der Waals surface area contributed by atoms with Gasteiger partial charge in [-0.1, -0.05) is 0 Å². The first-order chi connectivity index (χ1) is 4.36. The predicted octanol–water partition coefficient (Wildman–Crippen LogP) is 0.544. The first kappa shape index (κ1) is 8.93. The van der Waals surface area contributed by atoms with Gasteiger partial charge >= 0.3 is 19.5 Å². The third-order valence-corrected chi connectivity index (χ3v) is 1.33. The van der Waals surface area contributed by atoms with E-state index in [4.69, 9.17) is 15.1 Å². The van der Waals surface area contributed by atoms with E-state index < -0.39 is 19.5 Å². The van der Waals surface area contributed by atoms with Crippen molar-refractivity contribution in [3.05, 3.63) is 0 Å². The molecule has 0 rings (SSSR count). The van der Waals surface area contributed by atoms with E-state index in [0.717, 1.165) is 0 Å². The number of carbonyl (C=O) groups is 2. The summed E-state index contributed by atoms with van der Waals surface area (Å²) in [7, 11) is -5.00. The van der Waals surface area contributed by atoms with Crippen LogP contribution in [0.25, 0.3) is 0 Å². The molecule has 0 aliphatic rings. The number of hydrogen-bond acceptors (Lipinski definition) is 4. The van der Waals surface area contributed by atoms with E-state index in [1.165, 1.54) is 0 Å². The molecule has 0 aliphatic heterocycles. The Morgan fingerprint density at radius 2 is 1.70 bits per heavy atom. The fourth-order valence-electron chi connectivity index (χ4n) is 0.145. The molecule has 8 heteroatoms. The maximum atomic E-state index is 10.1. The lowest BCUT2D eigenvalue weighted by atomic mass is 11.5. The summed E-state index contributed by atoms with van der Waals surface area (Å²) in [6.07, 6.45) is -2.10. The van der Waals surface area contributed by atoms with Gasteiger partial charge in [0, 0.05) is 0 Å². The lowest BCUT2D eigenvalue weighted by Crippen LogP contribution is -2.03. The van der Waals surface area contributed by atoms with E-state index in [9.17, 15) is 14.2 Å². The lowest BCUT2D eigenvalue weighted by molar-refractivity contribution is 0.135. The van der Waals surface area contributed by atoms with Gasteiger partial charge in [-0.05, 0) is 0 Å². The normalized spacial score (nSPS) is 15.3. The number of rotatable bonds is 2. The molecule has 0 aliphatic carbocycles. The van der Waals surface area contributed by atoms with Crippen LogP contribution in [0.4, 0.5) is 9.59 Å². The van der Waals surface area contributed by atoms with Gasteiger partial charge in [-0.2, -0.15) is 0 Å². The highest BCUT2D eigenvalue weighted by Crippen LogP contribution is 2.42. The van der Waals surface area contributed by atoms with Crippen LogP contribution in [0.3, 0.4) is 0 Å². The van der Waals surface area contributed by atoms with Crippen molar-refractivity contribution in [2.75, 3.05) is 0 Å². The molecule has 0 fully saturated rings. The summed E-state index contributed by atoms with van der Waals surface area (Å²) in [5.74, 6) is 0. The summed E-state index contributed by atoms with van der Waals surface area (Å²) < 4.78 is 13.2. The third-order valence-electron chi connectivity index (χ3n) is 0.444. The Labute approximate surface area is 54.4 Å². The van der Waals surface area contributed by atoms with Crippen LogP contribution in [0.1, 0.15) is 0 Å². The van der Waals surface area contributed by atoms with Crippen molar-refractivity contribution in [2.45, 2.75) is 0 Å². The van der Waals surface area contributed by atoms with E-state index in [-0.39, 0.29) is 0 Å². The van der Waals surface area contributed by atoms with E-state index in [0.29, 0.717) is 0 Å². The van der Waals surface area contributed by atoms with Crippen molar-refractivity contribution in [1.82, 2.24) is 0 Å². The second kappa shape index (κ2) is 2.68. The Bertz CT molecular complexity index is 206.